The largest absolute Gasteiger partial charge is 0.465 e. The SMILES string of the molecule is COC(=O)c1c(NC(=O)C(C)OC(=O)c2ccncc2)sc2c1CCCCCC2. The van der Waals surface area contributed by atoms with Crippen LogP contribution in [0.15, 0.2) is 24.5 Å². The summed E-state index contributed by atoms with van der Waals surface area (Å²) in [7, 11) is 1.33. The smallest absolute Gasteiger partial charge is 0.341 e. The lowest BCUT2D eigenvalue weighted by Crippen LogP contribution is -2.30. The molecule has 1 unspecified atom stereocenters. The second-order valence-electron chi connectivity index (χ2n) is 6.89. The van der Waals surface area contributed by atoms with E-state index < -0.39 is 23.9 Å². The molecule has 1 aliphatic carbocycles. The fourth-order valence-corrected chi connectivity index (χ4v) is 4.59. The van der Waals surface area contributed by atoms with Crippen LogP contribution in [-0.4, -0.2) is 36.0 Å². The topological polar surface area (TPSA) is 94.6 Å². The van der Waals surface area contributed by atoms with Crippen LogP contribution in [0, 0.1) is 0 Å². The Bertz CT molecular complexity index is 894. The number of nitrogens with zero attached hydrogens (tertiary/aromatic N) is 1. The van der Waals surface area contributed by atoms with Gasteiger partial charge in [0.05, 0.1) is 18.2 Å². The van der Waals surface area contributed by atoms with Crippen LogP contribution in [0.2, 0.25) is 0 Å². The highest BCUT2D eigenvalue weighted by molar-refractivity contribution is 7.17. The molecule has 2 aromatic rings. The average Bonchev–Trinajstić information content (AvgIpc) is 3.03. The van der Waals surface area contributed by atoms with Crippen LogP contribution in [0.3, 0.4) is 0 Å². The number of methoxy groups -OCH3 is 1. The molecule has 7 nitrogen and oxygen atoms in total. The summed E-state index contributed by atoms with van der Waals surface area (Å²) in [6.07, 6.45) is 7.95. The van der Waals surface area contributed by atoms with Gasteiger partial charge in [0.2, 0.25) is 0 Å². The van der Waals surface area contributed by atoms with E-state index in [1.165, 1.54) is 49.9 Å². The highest BCUT2D eigenvalue weighted by Crippen LogP contribution is 2.37. The van der Waals surface area contributed by atoms with Crippen molar-refractivity contribution in [3.63, 3.8) is 0 Å². The summed E-state index contributed by atoms with van der Waals surface area (Å²) < 4.78 is 10.2. The Balaban J connectivity index is 1.77. The standard InChI is InChI=1S/C21H24N2O5S/c1-13(28-20(25)14-9-11-22-12-10-14)18(24)23-19-17(21(26)27-2)15-7-5-3-4-6-8-16(15)29-19/h9-13H,3-8H2,1-2H3,(H,23,24). The van der Waals surface area contributed by atoms with Gasteiger partial charge in [0.25, 0.3) is 5.91 Å². The lowest BCUT2D eigenvalue weighted by molar-refractivity contribution is -0.123. The van der Waals surface area contributed by atoms with Gasteiger partial charge in [-0.15, -0.1) is 11.3 Å². The second kappa shape index (κ2) is 9.65. The van der Waals surface area contributed by atoms with E-state index in [-0.39, 0.29) is 0 Å². The lowest BCUT2D eigenvalue weighted by atomic mass is 9.96. The number of aryl methyl sites for hydroxylation is 1. The number of pyridine rings is 1. The van der Waals surface area contributed by atoms with E-state index in [1.54, 1.807) is 0 Å². The van der Waals surface area contributed by atoms with Crippen molar-refractivity contribution in [3.05, 3.63) is 46.1 Å². The highest BCUT2D eigenvalue weighted by atomic mass is 32.1. The zero-order chi connectivity index (χ0) is 20.8. The van der Waals surface area contributed by atoms with Crippen molar-refractivity contribution in [1.29, 1.82) is 0 Å². The second-order valence-corrected chi connectivity index (χ2v) is 7.99. The van der Waals surface area contributed by atoms with Crippen LogP contribution < -0.4 is 5.32 Å². The molecule has 2 aromatic heterocycles. The third-order valence-electron chi connectivity index (χ3n) is 4.87. The number of hydrogen-bond acceptors (Lipinski definition) is 7. The van der Waals surface area contributed by atoms with E-state index in [0.29, 0.717) is 16.1 Å². The highest BCUT2D eigenvalue weighted by Gasteiger charge is 2.28. The van der Waals surface area contributed by atoms with E-state index in [1.807, 2.05) is 0 Å². The number of ether oxygens (including phenoxy) is 2. The molecule has 0 fully saturated rings. The Kier molecular flexibility index (Phi) is 6.98. The number of anilines is 1. The van der Waals surface area contributed by atoms with Gasteiger partial charge in [-0.05, 0) is 50.3 Å². The number of esters is 2. The normalized spacial score (nSPS) is 14.7. The number of carbonyl (C=O) groups is 3. The third-order valence-corrected chi connectivity index (χ3v) is 6.07. The quantitative estimate of drug-likeness (QED) is 0.746. The van der Waals surface area contributed by atoms with E-state index in [0.717, 1.165) is 49.0 Å². The first-order valence-electron chi connectivity index (χ1n) is 9.66. The van der Waals surface area contributed by atoms with E-state index in [2.05, 4.69) is 10.3 Å². The predicted molar refractivity (Wildman–Crippen MR) is 109 cm³/mol. The first-order chi connectivity index (χ1) is 14.0. The number of nitrogens with one attached hydrogen (secondary N) is 1. The maximum atomic E-state index is 12.6. The van der Waals surface area contributed by atoms with Gasteiger partial charge in [-0.2, -0.15) is 0 Å². The minimum absolute atomic E-state index is 0.314. The fourth-order valence-electron chi connectivity index (χ4n) is 3.31. The zero-order valence-corrected chi connectivity index (χ0v) is 17.3. The van der Waals surface area contributed by atoms with Crippen molar-refractivity contribution < 1.29 is 23.9 Å². The molecule has 0 spiro atoms. The summed E-state index contributed by atoms with van der Waals surface area (Å²) in [6.45, 7) is 1.50. The summed E-state index contributed by atoms with van der Waals surface area (Å²) in [6, 6.07) is 3.03. The molecule has 0 aliphatic heterocycles. The molecule has 29 heavy (non-hydrogen) atoms. The first-order valence-corrected chi connectivity index (χ1v) is 10.5. The van der Waals surface area contributed by atoms with Gasteiger partial charge in [-0.3, -0.25) is 9.78 Å². The van der Waals surface area contributed by atoms with Gasteiger partial charge in [0.15, 0.2) is 6.10 Å². The van der Waals surface area contributed by atoms with Crippen LogP contribution >= 0.6 is 11.3 Å². The lowest BCUT2D eigenvalue weighted by Gasteiger charge is -2.14. The molecule has 0 bridgehead atoms. The van der Waals surface area contributed by atoms with Gasteiger partial charge in [0.1, 0.15) is 5.00 Å². The van der Waals surface area contributed by atoms with E-state index >= 15 is 0 Å². The predicted octanol–water partition coefficient (Wildman–Crippen LogP) is 3.77. The van der Waals surface area contributed by atoms with Gasteiger partial charge in [0, 0.05) is 17.3 Å². The molecule has 1 amide bonds. The Hall–Kier alpha value is -2.74. The van der Waals surface area contributed by atoms with Crippen molar-refractivity contribution in [2.24, 2.45) is 0 Å². The Morgan fingerprint density at radius 2 is 1.76 bits per heavy atom. The van der Waals surface area contributed by atoms with Crippen molar-refractivity contribution >= 4 is 34.2 Å². The maximum Gasteiger partial charge on any atom is 0.341 e. The van der Waals surface area contributed by atoms with E-state index in [4.69, 9.17) is 9.47 Å². The Labute approximate surface area is 173 Å². The molecule has 0 saturated carbocycles. The molecule has 8 heteroatoms. The summed E-state index contributed by atoms with van der Waals surface area (Å²) in [4.78, 5) is 42.2. The summed E-state index contributed by atoms with van der Waals surface area (Å²) in [5, 5.41) is 3.23. The molecule has 0 saturated heterocycles. The van der Waals surface area contributed by atoms with Crippen molar-refractivity contribution in [2.75, 3.05) is 12.4 Å². The van der Waals surface area contributed by atoms with Gasteiger partial charge in [-0.25, -0.2) is 9.59 Å². The summed E-state index contributed by atoms with van der Waals surface area (Å²) in [5.41, 5.74) is 1.71. The molecule has 1 aliphatic rings. The van der Waals surface area contributed by atoms with Gasteiger partial charge < -0.3 is 14.8 Å². The van der Waals surface area contributed by atoms with Crippen LogP contribution in [0.1, 0.15) is 63.8 Å². The Morgan fingerprint density at radius 1 is 1.07 bits per heavy atom. The molecule has 2 heterocycles. The number of rotatable bonds is 5. The van der Waals surface area contributed by atoms with Crippen LogP contribution in [-0.2, 0) is 27.1 Å². The molecular weight excluding hydrogens is 392 g/mol. The number of fused-ring (bicyclic) bond motifs is 1. The zero-order valence-electron chi connectivity index (χ0n) is 16.5. The van der Waals surface area contributed by atoms with Crippen LogP contribution in [0.4, 0.5) is 5.00 Å². The van der Waals surface area contributed by atoms with Gasteiger partial charge in [-0.1, -0.05) is 12.8 Å². The summed E-state index contributed by atoms with van der Waals surface area (Å²) >= 11 is 1.41. The number of thiophene rings is 1. The number of carbonyl (C=O) groups excluding carboxylic acids is 3. The summed E-state index contributed by atoms with van der Waals surface area (Å²) in [5.74, 6) is -1.56. The van der Waals surface area contributed by atoms with Crippen molar-refractivity contribution in [1.82, 2.24) is 4.98 Å². The molecule has 154 valence electrons. The number of aromatic nitrogens is 1. The Morgan fingerprint density at radius 3 is 2.45 bits per heavy atom. The van der Waals surface area contributed by atoms with Crippen molar-refractivity contribution in [3.8, 4) is 0 Å². The molecule has 0 radical (unpaired) electrons. The average molecular weight is 416 g/mol. The molecular formula is C21H24N2O5S. The fraction of sp³-hybridized carbons (Fsp3) is 0.429. The number of amides is 1. The minimum Gasteiger partial charge on any atom is -0.465 e. The third kappa shape index (κ3) is 5.00. The molecule has 1 N–H and O–H groups in total. The molecule has 3 rings (SSSR count). The van der Waals surface area contributed by atoms with E-state index in [9.17, 15) is 14.4 Å². The van der Waals surface area contributed by atoms with Gasteiger partial charge >= 0.3 is 11.9 Å². The monoisotopic (exact) mass is 416 g/mol. The minimum atomic E-state index is -1.02. The van der Waals surface area contributed by atoms with Crippen LogP contribution in [0.25, 0.3) is 0 Å². The molecule has 0 aromatic carbocycles. The van der Waals surface area contributed by atoms with Crippen LogP contribution in [0.5, 0.6) is 0 Å². The first kappa shape index (κ1) is 21.0. The number of hydrogen-bond donors (Lipinski definition) is 1. The molecule has 1 atom stereocenters. The maximum absolute atomic E-state index is 12.6. The van der Waals surface area contributed by atoms with Crippen molar-refractivity contribution in [2.45, 2.75) is 51.6 Å².